The predicted octanol–water partition coefficient (Wildman–Crippen LogP) is 3.85. The van der Waals surface area contributed by atoms with Gasteiger partial charge in [-0.05, 0) is 26.0 Å². The van der Waals surface area contributed by atoms with Crippen molar-refractivity contribution >= 4 is 11.8 Å². The number of hydrogen-bond acceptors (Lipinski definition) is 3. The summed E-state index contributed by atoms with van der Waals surface area (Å²) in [5.74, 6) is 2.15. The Balaban J connectivity index is 1.91. The molecule has 1 rings (SSSR count). The Labute approximate surface area is 103 Å². The molecule has 0 spiro atoms. The highest BCUT2D eigenvalue weighted by Crippen LogP contribution is 2.22. The summed E-state index contributed by atoms with van der Waals surface area (Å²) in [7, 11) is 0. The summed E-state index contributed by atoms with van der Waals surface area (Å²) < 4.78 is 5.25. The van der Waals surface area contributed by atoms with Gasteiger partial charge in [0, 0.05) is 17.2 Å². The highest BCUT2D eigenvalue weighted by atomic mass is 32.2. The van der Waals surface area contributed by atoms with Gasteiger partial charge < -0.3 is 9.73 Å². The fraction of sp³-hybridized carbons (Fsp3) is 0.692. The van der Waals surface area contributed by atoms with E-state index >= 15 is 0 Å². The predicted molar refractivity (Wildman–Crippen MR) is 71.2 cm³/mol. The molecule has 92 valence electrons. The van der Waals surface area contributed by atoms with Gasteiger partial charge >= 0.3 is 0 Å². The monoisotopic (exact) mass is 241 g/mol. The topological polar surface area (TPSA) is 25.2 Å². The van der Waals surface area contributed by atoms with Crippen LogP contribution >= 0.6 is 11.8 Å². The normalized spacial score (nSPS) is 10.9. The zero-order valence-electron chi connectivity index (χ0n) is 10.4. The van der Waals surface area contributed by atoms with Crippen LogP contribution < -0.4 is 5.32 Å². The number of aryl methyl sites for hydroxylation is 1. The molecule has 0 aliphatic carbocycles. The van der Waals surface area contributed by atoms with Crippen molar-refractivity contribution in [2.24, 2.45) is 0 Å². The van der Waals surface area contributed by atoms with Gasteiger partial charge in [-0.2, -0.15) is 0 Å². The largest absolute Gasteiger partial charge is 0.468 e. The van der Waals surface area contributed by atoms with Crippen LogP contribution in [0, 0.1) is 6.92 Å². The van der Waals surface area contributed by atoms with Crippen molar-refractivity contribution in [1.82, 2.24) is 5.32 Å². The SMILES string of the molecule is CCCCCCNCCSc1ccoc1C. The molecular formula is C13H23NOS. The quantitative estimate of drug-likeness (QED) is 0.525. The maximum Gasteiger partial charge on any atom is 0.114 e. The van der Waals surface area contributed by atoms with E-state index in [1.54, 1.807) is 6.26 Å². The highest BCUT2D eigenvalue weighted by Gasteiger charge is 2.00. The van der Waals surface area contributed by atoms with Gasteiger partial charge in [-0.25, -0.2) is 0 Å². The second kappa shape index (κ2) is 8.71. The molecule has 0 aliphatic heterocycles. The maximum atomic E-state index is 5.25. The lowest BCUT2D eigenvalue weighted by Gasteiger charge is -2.03. The minimum Gasteiger partial charge on any atom is -0.468 e. The van der Waals surface area contributed by atoms with Crippen molar-refractivity contribution in [3.8, 4) is 0 Å². The van der Waals surface area contributed by atoms with E-state index in [4.69, 9.17) is 4.42 Å². The Morgan fingerprint density at radius 3 is 2.81 bits per heavy atom. The first-order chi connectivity index (χ1) is 7.84. The number of unbranched alkanes of at least 4 members (excludes halogenated alkanes) is 3. The first-order valence-electron chi connectivity index (χ1n) is 6.22. The van der Waals surface area contributed by atoms with Crippen molar-refractivity contribution in [3.63, 3.8) is 0 Å². The van der Waals surface area contributed by atoms with Crippen molar-refractivity contribution in [2.45, 2.75) is 44.4 Å². The van der Waals surface area contributed by atoms with Gasteiger partial charge in [0.15, 0.2) is 0 Å². The van der Waals surface area contributed by atoms with Crippen molar-refractivity contribution < 1.29 is 4.42 Å². The van der Waals surface area contributed by atoms with E-state index in [0.29, 0.717) is 0 Å². The van der Waals surface area contributed by atoms with Crippen molar-refractivity contribution in [2.75, 3.05) is 18.8 Å². The van der Waals surface area contributed by atoms with Crippen LogP contribution in [0.25, 0.3) is 0 Å². The molecule has 1 N–H and O–H groups in total. The average molecular weight is 241 g/mol. The van der Waals surface area contributed by atoms with E-state index < -0.39 is 0 Å². The average Bonchev–Trinajstić information content (AvgIpc) is 2.68. The van der Waals surface area contributed by atoms with Gasteiger partial charge in [0.2, 0.25) is 0 Å². The molecule has 0 unspecified atom stereocenters. The van der Waals surface area contributed by atoms with Crippen molar-refractivity contribution in [1.29, 1.82) is 0 Å². The van der Waals surface area contributed by atoms with E-state index in [1.165, 1.54) is 30.6 Å². The third kappa shape index (κ3) is 5.61. The van der Waals surface area contributed by atoms with Gasteiger partial charge in [-0.1, -0.05) is 26.2 Å². The van der Waals surface area contributed by atoms with Crippen LogP contribution in [0.1, 0.15) is 38.4 Å². The van der Waals surface area contributed by atoms with E-state index in [-0.39, 0.29) is 0 Å². The van der Waals surface area contributed by atoms with E-state index in [1.807, 2.05) is 24.8 Å². The Bertz CT molecular complexity index is 273. The van der Waals surface area contributed by atoms with Gasteiger partial charge in [-0.3, -0.25) is 0 Å². The van der Waals surface area contributed by atoms with E-state index in [9.17, 15) is 0 Å². The number of nitrogens with one attached hydrogen (secondary N) is 1. The standard InChI is InChI=1S/C13H23NOS/c1-3-4-5-6-8-14-9-11-16-13-7-10-15-12(13)2/h7,10,14H,3-6,8-9,11H2,1-2H3. The summed E-state index contributed by atoms with van der Waals surface area (Å²) in [6, 6.07) is 2.04. The lowest BCUT2D eigenvalue weighted by molar-refractivity contribution is 0.527. The number of thioether (sulfide) groups is 1. The maximum absolute atomic E-state index is 5.25. The number of rotatable bonds is 9. The van der Waals surface area contributed by atoms with Gasteiger partial charge in [0.25, 0.3) is 0 Å². The zero-order chi connectivity index (χ0) is 11.6. The molecule has 3 heteroatoms. The summed E-state index contributed by atoms with van der Waals surface area (Å²) in [4.78, 5) is 1.27. The molecule has 0 aromatic carbocycles. The molecule has 0 aliphatic rings. The zero-order valence-corrected chi connectivity index (χ0v) is 11.2. The van der Waals surface area contributed by atoms with Crippen LogP contribution in [0.4, 0.5) is 0 Å². The Hall–Kier alpha value is -0.410. The molecule has 0 saturated heterocycles. The van der Waals surface area contributed by atoms with Gasteiger partial charge in [0.1, 0.15) is 5.76 Å². The number of furan rings is 1. The van der Waals surface area contributed by atoms with Crippen LogP contribution in [0.2, 0.25) is 0 Å². The summed E-state index contributed by atoms with van der Waals surface area (Å²) in [6.45, 7) is 6.50. The smallest absolute Gasteiger partial charge is 0.114 e. The molecule has 0 atom stereocenters. The van der Waals surface area contributed by atoms with Crippen LogP contribution in [-0.2, 0) is 0 Å². The van der Waals surface area contributed by atoms with E-state index in [0.717, 1.165) is 24.6 Å². The Morgan fingerprint density at radius 2 is 2.12 bits per heavy atom. The fourth-order valence-corrected chi connectivity index (χ4v) is 2.43. The molecular weight excluding hydrogens is 218 g/mol. The molecule has 2 nitrogen and oxygen atoms in total. The lowest BCUT2D eigenvalue weighted by atomic mass is 10.2. The molecule has 16 heavy (non-hydrogen) atoms. The summed E-state index contributed by atoms with van der Waals surface area (Å²) in [5.41, 5.74) is 0. The number of hydrogen-bond donors (Lipinski definition) is 1. The minimum atomic E-state index is 1.04. The van der Waals surface area contributed by atoms with Crippen molar-refractivity contribution in [3.05, 3.63) is 18.1 Å². The second-order valence-corrected chi connectivity index (χ2v) is 5.14. The molecule has 0 radical (unpaired) electrons. The third-order valence-electron chi connectivity index (χ3n) is 2.55. The van der Waals surface area contributed by atoms with Crippen LogP contribution in [0.5, 0.6) is 0 Å². The molecule has 0 fully saturated rings. The first kappa shape index (κ1) is 13.7. The molecule has 0 amide bonds. The summed E-state index contributed by atoms with van der Waals surface area (Å²) >= 11 is 1.87. The molecule has 0 saturated carbocycles. The molecule has 0 bridgehead atoms. The molecule has 1 aromatic heterocycles. The first-order valence-corrected chi connectivity index (χ1v) is 7.20. The third-order valence-corrected chi connectivity index (χ3v) is 3.70. The lowest BCUT2D eigenvalue weighted by Crippen LogP contribution is -2.18. The molecule has 1 aromatic rings. The highest BCUT2D eigenvalue weighted by molar-refractivity contribution is 7.99. The van der Waals surface area contributed by atoms with Gasteiger partial charge in [0.05, 0.1) is 6.26 Å². The molecule has 1 heterocycles. The van der Waals surface area contributed by atoms with Crippen LogP contribution in [-0.4, -0.2) is 18.8 Å². The summed E-state index contributed by atoms with van der Waals surface area (Å²) in [5, 5.41) is 3.47. The van der Waals surface area contributed by atoms with E-state index in [2.05, 4.69) is 12.2 Å². The fourth-order valence-electron chi connectivity index (χ4n) is 1.56. The van der Waals surface area contributed by atoms with Crippen LogP contribution in [0.3, 0.4) is 0 Å². The van der Waals surface area contributed by atoms with Gasteiger partial charge in [-0.15, -0.1) is 11.8 Å². The Morgan fingerprint density at radius 1 is 1.25 bits per heavy atom. The minimum absolute atomic E-state index is 1.04. The van der Waals surface area contributed by atoms with Crippen LogP contribution in [0.15, 0.2) is 21.6 Å². The Kier molecular flexibility index (Phi) is 7.43. The second-order valence-electron chi connectivity index (χ2n) is 4.00. The summed E-state index contributed by atoms with van der Waals surface area (Å²) in [6.07, 6.45) is 7.11.